The summed E-state index contributed by atoms with van der Waals surface area (Å²) in [6, 6.07) is 13.4. The van der Waals surface area contributed by atoms with Crippen LogP contribution >= 0.6 is 0 Å². The number of hydrogen-bond acceptors (Lipinski definition) is 5. The number of phenolic OH excluding ortho intramolecular Hbond substituents is 1. The van der Waals surface area contributed by atoms with E-state index in [0.717, 1.165) is 17.5 Å². The molecule has 0 saturated heterocycles. The molecule has 0 spiro atoms. The summed E-state index contributed by atoms with van der Waals surface area (Å²) in [4.78, 5) is 26.3. The molecule has 5 N–H and O–H groups in total. The van der Waals surface area contributed by atoms with Gasteiger partial charge in [-0.25, -0.2) is 0 Å². The number of carbonyl (C=O) groups is 2. The summed E-state index contributed by atoms with van der Waals surface area (Å²) in [6.45, 7) is 9.95. The van der Waals surface area contributed by atoms with Crippen molar-refractivity contribution in [3.8, 4) is 5.75 Å². The van der Waals surface area contributed by atoms with Gasteiger partial charge in [0.25, 0.3) is 0 Å². The van der Waals surface area contributed by atoms with E-state index >= 15 is 0 Å². The minimum Gasteiger partial charge on any atom is -0.508 e. The molecule has 0 bridgehead atoms. The molecule has 0 aliphatic rings. The zero-order valence-electron chi connectivity index (χ0n) is 21.4. The van der Waals surface area contributed by atoms with Gasteiger partial charge in [0.15, 0.2) is 0 Å². The van der Waals surface area contributed by atoms with Crippen LogP contribution in [0.1, 0.15) is 63.6 Å². The lowest BCUT2D eigenvalue weighted by molar-refractivity contribution is -0.129. The SMILES string of the molecule is CC(C)Cc1ccc(C(C)C(=O)NC(Cc2ccc(O)cc2)C(=O)NC(CC(C)C)B(O)O)cc1. The maximum Gasteiger partial charge on any atom is 0.475 e. The van der Waals surface area contributed by atoms with E-state index in [2.05, 4.69) is 24.5 Å². The molecule has 2 aromatic carbocycles. The topological polar surface area (TPSA) is 119 Å². The Morgan fingerprint density at radius 3 is 1.83 bits per heavy atom. The highest BCUT2D eigenvalue weighted by molar-refractivity contribution is 6.43. The molecule has 0 fully saturated rings. The first-order valence-electron chi connectivity index (χ1n) is 12.3. The highest BCUT2D eigenvalue weighted by Gasteiger charge is 2.31. The molecular weight excluding hydrogens is 443 g/mol. The predicted molar refractivity (Wildman–Crippen MR) is 139 cm³/mol. The number of benzene rings is 2. The fraction of sp³-hybridized carbons (Fsp3) is 0.481. The summed E-state index contributed by atoms with van der Waals surface area (Å²) in [6.07, 6.45) is 1.53. The van der Waals surface area contributed by atoms with E-state index in [4.69, 9.17) is 0 Å². The lowest BCUT2D eigenvalue weighted by Crippen LogP contribution is -2.55. The number of hydrogen-bond donors (Lipinski definition) is 5. The van der Waals surface area contributed by atoms with Gasteiger partial charge in [-0.05, 0) is 60.4 Å². The third kappa shape index (κ3) is 9.38. The van der Waals surface area contributed by atoms with Crippen LogP contribution in [-0.4, -0.2) is 46.1 Å². The smallest absolute Gasteiger partial charge is 0.475 e. The molecule has 0 radical (unpaired) electrons. The highest BCUT2D eigenvalue weighted by atomic mass is 16.4. The van der Waals surface area contributed by atoms with Crippen LogP contribution in [0.2, 0.25) is 0 Å². The average Bonchev–Trinajstić information content (AvgIpc) is 2.78. The lowest BCUT2D eigenvalue weighted by atomic mass is 9.75. The molecule has 3 unspecified atom stereocenters. The van der Waals surface area contributed by atoms with Crippen molar-refractivity contribution in [1.29, 1.82) is 0 Å². The summed E-state index contributed by atoms with van der Waals surface area (Å²) < 4.78 is 0. The van der Waals surface area contributed by atoms with Gasteiger partial charge in [-0.1, -0.05) is 64.1 Å². The maximum atomic E-state index is 13.2. The molecular formula is C27H39BN2O5. The molecule has 7 nitrogen and oxygen atoms in total. The molecule has 8 heteroatoms. The highest BCUT2D eigenvalue weighted by Crippen LogP contribution is 2.19. The number of rotatable bonds is 12. The van der Waals surface area contributed by atoms with E-state index in [9.17, 15) is 24.7 Å². The van der Waals surface area contributed by atoms with E-state index in [1.165, 1.54) is 17.7 Å². The molecule has 2 amide bonds. The summed E-state index contributed by atoms with van der Waals surface area (Å²) in [5.41, 5.74) is 2.81. The Morgan fingerprint density at radius 1 is 0.771 bits per heavy atom. The number of amides is 2. The second-order valence-electron chi connectivity index (χ2n) is 10.2. The molecule has 190 valence electrons. The molecule has 0 aliphatic carbocycles. The van der Waals surface area contributed by atoms with Gasteiger partial charge in [-0.3, -0.25) is 9.59 Å². The second-order valence-corrected chi connectivity index (χ2v) is 10.2. The summed E-state index contributed by atoms with van der Waals surface area (Å²) in [5.74, 6) is -1.35. The molecule has 0 saturated carbocycles. The van der Waals surface area contributed by atoms with Crippen molar-refractivity contribution in [2.24, 2.45) is 11.8 Å². The van der Waals surface area contributed by atoms with Crippen LogP contribution in [0.5, 0.6) is 5.75 Å². The van der Waals surface area contributed by atoms with Gasteiger partial charge in [0, 0.05) is 6.42 Å². The minimum absolute atomic E-state index is 0.105. The Hall–Kier alpha value is -2.84. The molecule has 0 aromatic heterocycles. The zero-order valence-corrected chi connectivity index (χ0v) is 21.4. The fourth-order valence-corrected chi connectivity index (χ4v) is 3.99. The van der Waals surface area contributed by atoms with E-state index in [0.29, 0.717) is 12.3 Å². The van der Waals surface area contributed by atoms with E-state index < -0.39 is 30.9 Å². The summed E-state index contributed by atoms with van der Waals surface area (Å²) in [7, 11) is -1.71. The van der Waals surface area contributed by atoms with Crippen molar-refractivity contribution in [2.75, 3.05) is 0 Å². The first kappa shape index (κ1) is 28.4. The average molecular weight is 482 g/mol. The Balaban J connectivity index is 2.19. The van der Waals surface area contributed by atoms with Crippen molar-refractivity contribution in [1.82, 2.24) is 10.6 Å². The van der Waals surface area contributed by atoms with E-state index in [-0.39, 0.29) is 24.0 Å². The molecule has 3 atom stereocenters. The normalized spacial score (nSPS) is 13.9. The Kier molecular flexibility index (Phi) is 10.8. The quantitative estimate of drug-likeness (QED) is 0.298. The largest absolute Gasteiger partial charge is 0.508 e. The van der Waals surface area contributed by atoms with Crippen molar-refractivity contribution in [2.45, 2.75) is 71.8 Å². The Labute approximate surface area is 209 Å². The fourth-order valence-electron chi connectivity index (χ4n) is 3.99. The van der Waals surface area contributed by atoms with Gasteiger partial charge < -0.3 is 25.8 Å². The third-order valence-electron chi connectivity index (χ3n) is 5.94. The second kappa shape index (κ2) is 13.3. The van der Waals surface area contributed by atoms with Gasteiger partial charge >= 0.3 is 7.12 Å². The van der Waals surface area contributed by atoms with E-state index in [1.54, 1.807) is 19.1 Å². The van der Waals surface area contributed by atoms with Gasteiger partial charge in [-0.2, -0.15) is 0 Å². The zero-order chi connectivity index (χ0) is 26.1. The lowest BCUT2D eigenvalue weighted by Gasteiger charge is -2.25. The Morgan fingerprint density at radius 2 is 1.31 bits per heavy atom. The van der Waals surface area contributed by atoms with Gasteiger partial charge in [0.05, 0.1) is 11.9 Å². The van der Waals surface area contributed by atoms with Crippen molar-refractivity contribution < 1.29 is 24.7 Å². The number of aromatic hydroxyl groups is 1. The standard InChI is InChI=1S/C27H39BN2O5/c1-17(2)14-20-6-10-22(11-7-20)19(5)26(32)29-24(16-21-8-12-23(31)13-9-21)27(33)30-25(28(34)35)15-18(3)4/h6-13,17-19,24-25,31,34-35H,14-16H2,1-5H3,(H,29,32)(H,30,33). The third-order valence-corrected chi connectivity index (χ3v) is 5.94. The number of nitrogens with one attached hydrogen (secondary N) is 2. The number of phenols is 1. The number of carbonyl (C=O) groups excluding carboxylic acids is 2. The van der Waals surface area contributed by atoms with Crippen molar-refractivity contribution >= 4 is 18.9 Å². The Bertz CT molecular complexity index is 945. The predicted octanol–water partition coefficient (Wildman–Crippen LogP) is 2.96. The first-order chi connectivity index (χ1) is 16.5. The summed E-state index contributed by atoms with van der Waals surface area (Å²) in [5, 5.41) is 34.6. The van der Waals surface area contributed by atoms with Crippen molar-refractivity contribution in [3.05, 3.63) is 65.2 Å². The first-order valence-corrected chi connectivity index (χ1v) is 12.3. The van der Waals surface area contributed by atoms with Gasteiger partial charge in [-0.15, -0.1) is 0 Å². The maximum absolute atomic E-state index is 13.2. The molecule has 2 rings (SSSR count). The van der Waals surface area contributed by atoms with Crippen LogP contribution in [0.4, 0.5) is 0 Å². The van der Waals surface area contributed by atoms with Crippen LogP contribution in [0.25, 0.3) is 0 Å². The van der Waals surface area contributed by atoms with Crippen LogP contribution in [0.3, 0.4) is 0 Å². The monoisotopic (exact) mass is 482 g/mol. The van der Waals surface area contributed by atoms with Crippen LogP contribution in [-0.2, 0) is 22.4 Å². The van der Waals surface area contributed by atoms with Crippen LogP contribution in [0, 0.1) is 11.8 Å². The molecule has 0 heterocycles. The minimum atomic E-state index is -1.71. The van der Waals surface area contributed by atoms with Crippen LogP contribution < -0.4 is 10.6 Å². The van der Waals surface area contributed by atoms with Gasteiger partial charge in [0.2, 0.25) is 11.8 Å². The molecule has 0 aliphatic heterocycles. The van der Waals surface area contributed by atoms with E-state index in [1.807, 2.05) is 38.1 Å². The molecule has 2 aromatic rings. The molecule has 35 heavy (non-hydrogen) atoms. The summed E-state index contributed by atoms with van der Waals surface area (Å²) >= 11 is 0. The van der Waals surface area contributed by atoms with Crippen LogP contribution in [0.15, 0.2) is 48.5 Å². The van der Waals surface area contributed by atoms with Crippen molar-refractivity contribution in [3.63, 3.8) is 0 Å². The van der Waals surface area contributed by atoms with Gasteiger partial charge in [0.1, 0.15) is 11.8 Å².